The molecule has 266 valence electrons. The number of nitrogens with two attached hydrogens (primary N) is 1. The van der Waals surface area contributed by atoms with Crippen LogP contribution in [0, 0.1) is 23.2 Å². The maximum Gasteiger partial charge on any atom is 0.166 e. The van der Waals surface area contributed by atoms with E-state index in [0.717, 1.165) is 47.5 Å². The van der Waals surface area contributed by atoms with Crippen molar-refractivity contribution in [3.63, 3.8) is 0 Å². The number of benzene rings is 1. The van der Waals surface area contributed by atoms with Crippen molar-refractivity contribution in [2.75, 3.05) is 18.8 Å². The van der Waals surface area contributed by atoms with Crippen molar-refractivity contribution in [2.45, 2.75) is 150 Å². The molecule has 6 heteroatoms. The first-order chi connectivity index (χ1) is 22.8. The number of thiazole rings is 1. The van der Waals surface area contributed by atoms with E-state index in [1.807, 2.05) is 18.5 Å². The molecule has 0 spiro atoms. The molecule has 2 aromatic heterocycles. The fraction of sp³-hybridized carbons (Fsp3) is 0.628. The largest absolute Gasteiger partial charge is 0.485 e. The molecule has 2 N–H and O–H groups in total. The summed E-state index contributed by atoms with van der Waals surface area (Å²) in [6, 6.07) is 6.63. The zero-order valence-electron chi connectivity index (χ0n) is 32.3. The maximum absolute atomic E-state index is 6.59. The minimum Gasteiger partial charge on any atom is -0.485 e. The average Bonchev–Trinajstić information content (AvgIpc) is 3.53. The number of nitrogen functional groups attached to an aromatic ring is 1. The van der Waals surface area contributed by atoms with Crippen molar-refractivity contribution in [3.05, 3.63) is 57.9 Å². The number of aromatic nitrogens is 2. The third-order valence-corrected chi connectivity index (χ3v) is 12.0. The normalized spacial score (nSPS) is 17.5. The topological polar surface area (TPSA) is 64.3 Å². The van der Waals surface area contributed by atoms with Crippen molar-refractivity contribution in [3.8, 4) is 28.0 Å². The SMILES string of the molecule is CC(C)(C)c1cc(C#CC(C)(C)C2CCCCC2)cc(COc2cc(-c3cnc(C4CCN(C(C)(C)C)CC4)s3)cnc2N)c1C(C)(C)C. The molecule has 2 fully saturated rings. The highest BCUT2D eigenvalue weighted by Gasteiger charge is 2.32. The molecule has 2 aliphatic rings. The summed E-state index contributed by atoms with van der Waals surface area (Å²) >= 11 is 1.78. The average molecular weight is 683 g/mol. The maximum atomic E-state index is 6.59. The van der Waals surface area contributed by atoms with Gasteiger partial charge >= 0.3 is 0 Å². The van der Waals surface area contributed by atoms with E-state index in [2.05, 4.69) is 110 Å². The summed E-state index contributed by atoms with van der Waals surface area (Å²) in [4.78, 5) is 13.1. The van der Waals surface area contributed by atoms with E-state index in [-0.39, 0.29) is 21.8 Å². The van der Waals surface area contributed by atoms with Crippen LogP contribution in [0.15, 0.2) is 30.6 Å². The second kappa shape index (κ2) is 14.4. The zero-order valence-corrected chi connectivity index (χ0v) is 33.2. The van der Waals surface area contributed by atoms with Gasteiger partial charge in [0.25, 0.3) is 0 Å². The standard InChI is InChI=1S/C43H62N4OS/c1-40(2,3)34-24-29(17-20-43(10,11)33-15-13-12-14-16-33)23-32(37(34)41(4,5)6)28-48-35-25-31(26-45-38(35)44)36-27-46-39(49-36)30-18-21-47(22-19-30)42(7,8)9/h23-27,30,33H,12-16,18-19,21-22,28H2,1-11H3,(H2,44,45). The molecule has 0 unspecified atom stereocenters. The molecule has 5 rings (SSSR count). The van der Waals surface area contributed by atoms with Gasteiger partial charge in [-0.2, -0.15) is 0 Å². The lowest BCUT2D eigenvalue weighted by molar-refractivity contribution is 0.102. The first-order valence-corrected chi connectivity index (χ1v) is 19.4. The van der Waals surface area contributed by atoms with Crippen LogP contribution in [0.5, 0.6) is 5.75 Å². The second-order valence-corrected chi connectivity index (χ2v) is 19.3. The summed E-state index contributed by atoms with van der Waals surface area (Å²) in [6.07, 6.45) is 12.7. The van der Waals surface area contributed by atoms with Crippen LogP contribution in [0.3, 0.4) is 0 Å². The van der Waals surface area contributed by atoms with Crippen LogP contribution in [-0.2, 0) is 17.4 Å². The van der Waals surface area contributed by atoms with Gasteiger partial charge in [-0.15, -0.1) is 11.3 Å². The fourth-order valence-corrected chi connectivity index (χ4v) is 8.86. The molecule has 1 aliphatic heterocycles. The van der Waals surface area contributed by atoms with Crippen LogP contribution in [0.1, 0.15) is 154 Å². The van der Waals surface area contributed by atoms with Gasteiger partial charge in [0.1, 0.15) is 6.61 Å². The number of likely N-dealkylation sites (tertiary alicyclic amines) is 1. The summed E-state index contributed by atoms with van der Waals surface area (Å²) in [7, 11) is 0. The number of rotatable bonds is 6. The van der Waals surface area contributed by atoms with Crippen LogP contribution in [-0.4, -0.2) is 33.5 Å². The lowest BCUT2D eigenvalue weighted by atomic mass is 9.71. The molecule has 0 atom stereocenters. The van der Waals surface area contributed by atoms with Crippen LogP contribution in [0.25, 0.3) is 10.4 Å². The molecule has 1 saturated carbocycles. The van der Waals surface area contributed by atoms with Crippen molar-refractivity contribution in [1.82, 2.24) is 14.9 Å². The summed E-state index contributed by atoms with van der Waals surface area (Å²) in [5.41, 5.74) is 12.4. The van der Waals surface area contributed by atoms with Crippen molar-refractivity contribution < 1.29 is 4.74 Å². The number of hydrogen-bond acceptors (Lipinski definition) is 6. The minimum absolute atomic E-state index is 0.0114. The lowest BCUT2D eigenvalue weighted by Crippen LogP contribution is -2.45. The lowest BCUT2D eigenvalue weighted by Gasteiger charge is -2.40. The molecule has 0 bridgehead atoms. The Morgan fingerprint density at radius 3 is 2.12 bits per heavy atom. The van der Waals surface area contributed by atoms with Crippen LogP contribution in [0.4, 0.5) is 5.82 Å². The smallest absolute Gasteiger partial charge is 0.166 e. The van der Waals surface area contributed by atoms with Crippen LogP contribution >= 0.6 is 11.3 Å². The number of pyridine rings is 1. The molecule has 1 saturated heterocycles. The second-order valence-electron chi connectivity index (χ2n) is 18.3. The van der Waals surface area contributed by atoms with Gasteiger partial charge in [0.15, 0.2) is 11.6 Å². The Bertz CT molecular complexity index is 1660. The molecule has 0 amide bonds. The van der Waals surface area contributed by atoms with E-state index < -0.39 is 0 Å². The Balaban J connectivity index is 1.41. The minimum atomic E-state index is -0.0810. The highest BCUT2D eigenvalue weighted by molar-refractivity contribution is 7.15. The Morgan fingerprint density at radius 1 is 0.837 bits per heavy atom. The highest BCUT2D eigenvalue weighted by Crippen LogP contribution is 2.41. The molecular weight excluding hydrogens is 621 g/mol. The number of nitrogens with zero attached hydrogens (tertiary/aromatic N) is 3. The van der Waals surface area contributed by atoms with Gasteiger partial charge in [-0.25, -0.2) is 9.97 Å². The molecule has 3 aromatic rings. The number of piperidine rings is 1. The molecule has 49 heavy (non-hydrogen) atoms. The predicted molar refractivity (Wildman–Crippen MR) is 208 cm³/mol. The van der Waals surface area contributed by atoms with Gasteiger partial charge < -0.3 is 10.5 Å². The van der Waals surface area contributed by atoms with E-state index in [9.17, 15) is 0 Å². The zero-order chi connectivity index (χ0) is 35.8. The predicted octanol–water partition coefficient (Wildman–Crippen LogP) is 10.9. The van der Waals surface area contributed by atoms with E-state index in [0.29, 0.717) is 30.0 Å². The molecule has 1 aromatic carbocycles. The number of ether oxygens (including phenoxy) is 1. The number of hydrogen-bond donors (Lipinski definition) is 1. The van der Waals surface area contributed by atoms with Crippen molar-refractivity contribution in [2.24, 2.45) is 11.3 Å². The Kier molecular flexibility index (Phi) is 11.0. The molecule has 5 nitrogen and oxygen atoms in total. The molecular formula is C43H62N4OS. The summed E-state index contributed by atoms with van der Waals surface area (Å²) in [6.45, 7) is 28.0. The quantitative estimate of drug-likeness (QED) is 0.262. The van der Waals surface area contributed by atoms with Crippen molar-refractivity contribution in [1.29, 1.82) is 0 Å². The van der Waals surface area contributed by atoms with Crippen LogP contribution < -0.4 is 10.5 Å². The fourth-order valence-electron chi connectivity index (χ4n) is 7.79. The van der Waals surface area contributed by atoms with Gasteiger partial charge in [0.05, 0.1) is 9.88 Å². The molecule has 3 heterocycles. The van der Waals surface area contributed by atoms with E-state index in [4.69, 9.17) is 15.5 Å². The summed E-state index contributed by atoms with van der Waals surface area (Å²) < 4.78 is 6.59. The Labute approximate surface area is 301 Å². The number of anilines is 1. The van der Waals surface area contributed by atoms with E-state index >= 15 is 0 Å². The van der Waals surface area contributed by atoms with Crippen molar-refractivity contribution >= 4 is 17.2 Å². The van der Waals surface area contributed by atoms with E-state index in [1.165, 1.54) is 48.2 Å². The third-order valence-electron chi connectivity index (χ3n) is 10.8. The van der Waals surface area contributed by atoms with Crippen LogP contribution in [0.2, 0.25) is 0 Å². The van der Waals surface area contributed by atoms with Gasteiger partial charge in [0.2, 0.25) is 0 Å². The first-order valence-electron chi connectivity index (χ1n) is 18.6. The Hall–Kier alpha value is -2.88. The van der Waals surface area contributed by atoms with Gasteiger partial charge in [-0.1, -0.05) is 72.6 Å². The third kappa shape index (κ3) is 9.08. The highest BCUT2D eigenvalue weighted by atomic mass is 32.1. The molecule has 1 aliphatic carbocycles. The Morgan fingerprint density at radius 2 is 1.51 bits per heavy atom. The monoisotopic (exact) mass is 682 g/mol. The first kappa shape index (κ1) is 37.4. The van der Waals surface area contributed by atoms with Gasteiger partial charge in [-0.3, -0.25) is 4.90 Å². The molecule has 0 radical (unpaired) electrons. The summed E-state index contributed by atoms with van der Waals surface area (Å²) in [5, 5.41) is 1.22. The van der Waals surface area contributed by atoms with Gasteiger partial charge in [-0.05, 0) is 125 Å². The van der Waals surface area contributed by atoms with E-state index in [1.54, 1.807) is 11.3 Å². The van der Waals surface area contributed by atoms with Gasteiger partial charge in [0, 0.05) is 40.4 Å². The summed E-state index contributed by atoms with van der Waals surface area (Å²) in [5.74, 6) is 9.54.